The molecule has 1 aliphatic rings. The molecular weight excluding hydrogens is 376 g/mol. The first kappa shape index (κ1) is 22.8. The van der Waals surface area contributed by atoms with Gasteiger partial charge >= 0.3 is 0 Å². The van der Waals surface area contributed by atoms with Gasteiger partial charge in [-0.3, -0.25) is 4.90 Å². The summed E-state index contributed by atoms with van der Waals surface area (Å²) < 4.78 is 8.08. The molecule has 0 amide bonds. The second-order valence-corrected chi connectivity index (χ2v) is 8.65. The lowest BCUT2D eigenvalue weighted by Gasteiger charge is -2.32. The lowest BCUT2D eigenvalue weighted by Crippen LogP contribution is -2.40. The molecule has 1 heterocycles. The number of ether oxygens (including phenoxy) is 1. The smallest absolute Gasteiger partial charge is 0.122 e. The van der Waals surface area contributed by atoms with E-state index in [2.05, 4.69) is 52.5 Å². The molecule has 1 aromatic heterocycles. The molecule has 30 heavy (non-hydrogen) atoms. The molecule has 6 nitrogen and oxygen atoms in total. The number of aromatic nitrogens is 2. The van der Waals surface area contributed by atoms with Crippen LogP contribution in [-0.4, -0.2) is 63.9 Å². The van der Waals surface area contributed by atoms with Crippen molar-refractivity contribution in [2.75, 3.05) is 27.2 Å². The van der Waals surface area contributed by atoms with Gasteiger partial charge in [0.15, 0.2) is 0 Å². The van der Waals surface area contributed by atoms with Gasteiger partial charge in [-0.1, -0.05) is 31.4 Å². The molecule has 2 aromatic rings. The Balaban J connectivity index is 1.45. The van der Waals surface area contributed by atoms with Gasteiger partial charge in [0.1, 0.15) is 24.3 Å². The largest absolute Gasteiger partial charge is 0.491 e. The molecule has 1 saturated carbocycles. The Labute approximate surface area is 181 Å². The first-order chi connectivity index (χ1) is 14.5. The summed E-state index contributed by atoms with van der Waals surface area (Å²) in [6.45, 7) is 5.68. The van der Waals surface area contributed by atoms with Gasteiger partial charge in [-0.15, -0.1) is 0 Å². The number of likely N-dealkylation sites (N-methyl/N-ethyl adjacent to an activating group) is 1. The van der Waals surface area contributed by atoms with Crippen molar-refractivity contribution in [3.8, 4) is 5.75 Å². The molecule has 0 spiro atoms. The van der Waals surface area contributed by atoms with Crippen LogP contribution in [0.3, 0.4) is 0 Å². The average Bonchev–Trinajstić information content (AvgIpc) is 3.20. The van der Waals surface area contributed by atoms with E-state index in [0.717, 1.165) is 31.2 Å². The number of hydrogen-bond donors (Lipinski definition) is 1. The van der Waals surface area contributed by atoms with E-state index < -0.39 is 6.10 Å². The van der Waals surface area contributed by atoms with Gasteiger partial charge in [-0.2, -0.15) is 0 Å². The molecule has 1 aliphatic carbocycles. The zero-order valence-corrected chi connectivity index (χ0v) is 18.8. The summed E-state index contributed by atoms with van der Waals surface area (Å²) in [5, 5.41) is 10.4. The Morgan fingerprint density at radius 3 is 2.77 bits per heavy atom. The second-order valence-electron chi connectivity index (χ2n) is 8.65. The molecule has 0 radical (unpaired) electrons. The third-order valence-electron chi connectivity index (χ3n) is 6.04. The van der Waals surface area contributed by atoms with Crippen molar-refractivity contribution in [3.05, 3.63) is 48.0 Å². The minimum Gasteiger partial charge on any atom is -0.491 e. The zero-order valence-electron chi connectivity index (χ0n) is 18.8. The maximum absolute atomic E-state index is 10.4. The molecule has 3 rings (SSSR count). The normalized spacial score (nSPS) is 16.3. The van der Waals surface area contributed by atoms with Crippen LogP contribution in [0.4, 0.5) is 0 Å². The molecule has 1 N–H and O–H groups in total. The van der Waals surface area contributed by atoms with Crippen LogP contribution in [0.15, 0.2) is 36.7 Å². The lowest BCUT2D eigenvalue weighted by molar-refractivity contribution is 0.0561. The van der Waals surface area contributed by atoms with E-state index in [1.165, 1.54) is 37.7 Å². The van der Waals surface area contributed by atoms with Gasteiger partial charge in [0.05, 0.1) is 6.54 Å². The topological polar surface area (TPSA) is 53.8 Å². The monoisotopic (exact) mass is 414 g/mol. The number of aliphatic hydroxyl groups excluding tert-OH is 1. The Hall–Kier alpha value is -1.89. The molecule has 0 saturated heterocycles. The van der Waals surface area contributed by atoms with Crippen molar-refractivity contribution in [3.63, 3.8) is 0 Å². The van der Waals surface area contributed by atoms with Gasteiger partial charge in [0.2, 0.25) is 0 Å². The highest BCUT2D eigenvalue weighted by Crippen LogP contribution is 2.22. The van der Waals surface area contributed by atoms with Crippen LogP contribution in [0.2, 0.25) is 0 Å². The summed E-state index contributed by atoms with van der Waals surface area (Å²) in [4.78, 5) is 9.01. The standard InChI is InChI=1S/C24H38N4O2/c1-4-28-14-13-25-24(28)18-26(2)16-20-9-8-12-23(15-20)30-19-22(29)17-27(3)21-10-6-5-7-11-21/h8-9,12-15,21-22,29H,4-7,10-11,16-19H2,1-3H3/t22-/m0/s1. The second kappa shape index (κ2) is 11.5. The molecule has 6 heteroatoms. The molecule has 166 valence electrons. The Morgan fingerprint density at radius 2 is 2.00 bits per heavy atom. The van der Waals surface area contributed by atoms with Crippen LogP contribution < -0.4 is 4.74 Å². The average molecular weight is 415 g/mol. The SMILES string of the molecule is CCn1ccnc1CN(C)Cc1cccc(OC[C@@H](O)CN(C)C2CCCCC2)c1. The summed E-state index contributed by atoms with van der Waals surface area (Å²) in [7, 11) is 4.23. The Kier molecular flexibility index (Phi) is 8.73. The van der Waals surface area contributed by atoms with Crippen LogP contribution in [0.25, 0.3) is 0 Å². The molecule has 0 unspecified atom stereocenters. The first-order valence-electron chi connectivity index (χ1n) is 11.3. The van der Waals surface area contributed by atoms with E-state index in [4.69, 9.17) is 4.74 Å². The van der Waals surface area contributed by atoms with E-state index in [9.17, 15) is 5.11 Å². The summed E-state index contributed by atoms with van der Waals surface area (Å²) in [6, 6.07) is 8.77. The van der Waals surface area contributed by atoms with Crippen molar-refractivity contribution < 1.29 is 9.84 Å². The molecule has 1 aromatic carbocycles. The quantitative estimate of drug-likeness (QED) is 0.610. The van der Waals surface area contributed by atoms with Crippen LogP contribution in [-0.2, 0) is 19.6 Å². The number of imidazole rings is 1. The highest BCUT2D eigenvalue weighted by Gasteiger charge is 2.20. The minimum absolute atomic E-state index is 0.324. The van der Waals surface area contributed by atoms with Gasteiger partial charge < -0.3 is 19.3 Å². The Bertz CT molecular complexity index is 757. The number of aliphatic hydroxyl groups is 1. The predicted molar refractivity (Wildman–Crippen MR) is 121 cm³/mol. The third kappa shape index (κ3) is 6.83. The van der Waals surface area contributed by atoms with Crippen LogP contribution in [0.5, 0.6) is 5.75 Å². The van der Waals surface area contributed by atoms with Crippen molar-refractivity contribution in [2.24, 2.45) is 0 Å². The lowest BCUT2D eigenvalue weighted by atomic mass is 9.94. The number of benzene rings is 1. The molecule has 1 fully saturated rings. The summed E-state index contributed by atoms with van der Waals surface area (Å²) in [5.74, 6) is 1.90. The van der Waals surface area contributed by atoms with Gasteiger partial charge in [0, 0.05) is 38.1 Å². The molecule has 0 bridgehead atoms. The molecule has 1 atom stereocenters. The zero-order chi connectivity index (χ0) is 21.3. The van der Waals surface area contributed by atoms with Crippen molar-refractivity contribution in [2.45, 2.75) is 70.8 Å². The fourth-order valence-corrected chi connectivity index (χ4v) is 4.37. The fourth-order valence-electron chi connectivity index (χ4n) is 4.37. The first-order valence-corrected chi connectivity index (χ1v) is 11.3. The number of rotatable bonds is 11. The van der Waals surface area contributed by atoms with Crippen molar-refractivity contribution in [1.82, 2.24) is 19.4 Å². The third-order valence-corrected chi connectivity index (χ3v) is 6.04. The number of nitrogens with zero attached hydrogens (tertiary/aromatic N) is 4. The van der Waals surface area contributed by atoms with E-state index >= 15 is 0 Å². The van der Waals surface area contributed by atoms with E-state index in [0.29, 0.717) is 19.2 Å². The van der Waals surface area contributed by atoms with E-state index in [1.807, 2.05) is 24.5 Å². The summed E-state index contributed by atoms with van der Waals surface area (Å²) in [6.07, 6.45) is 9.87. The Morgan fingerprint density at radius 1 is 1.20 bits per heavy atom. The fraction of sp³-hybridized carbons (Fsp3) is 0.625. The number of aryl methyl sites for hydroxylation is 1. The van der Waals surface area contributed by atoms with Crippen LogP contribution in [0, 0.1) is 0 Å². The van der Waals surface area contributed by atoms with E-state index in [1.54, 1.807) is 0 Å². The van der Waals surface area contributed by atoms with Gasteiger partial charge in [-0.05, 0) is 51.6 Å². The van der Waals surface area contributed by atoms with Crippen molar-refractivity contribution in [1.29, 1.82) is 0 Å². The summed E-state index contributed by atoms with van der Waals surface area (Å²) in [5.41, 5.74) is 1.19. The maximum atomic E-state index is 10.4. The highest BCUT2D eigenvalue weighted by atomic mass is 16.5. The number of hydrogen-bond acceptors (Lipinski definition) is 5. The molecule has 0 aliphatic heterocycles. The minimum atomic E-state index is -0.476. The van der Waals surface area contributed by atoms with Gasteiger partial charge in [0.25, 0.3) is 0 Å². The van der Waals surface area contributed by atoms with E-state index in [-0.39, 0.29) is 0 Å². The van der Waals surface area contributed by atoms with Crippen LogP contribution >= 0.6 is 0 Å². The van der Waals surface area contributed by atoms with Crippen molar-refractivity contribution >= 4 is 0 Å². The van der Waals surface area contributed by atoms with Gasteiger partial charge in [-0.25, -0.2) is 4.98 Å². The van der Waals surface area contributed by atoms with Crippen LogP contribution in [0.1, 0.15) is 50.4 Å². The highest BCUT2D eigenvalue weighted by molar-refractivity contribution is 5.28. The predicted octanol–water partition coefficient (Wildman–Crippen LogP) is 3.54. The molecular formula is C24H38N4O2. The summed E-state index contributed by atoms with van der Waals surface area (Å²) >= 11 is 0. The maximum Gasteiger partial charge on any atom is 0.122 e.